The fourth-order valence-corrected chi connectivity index (χ4v) is 5.92. The fourth-order valence-electron chi connectivity index (χ4n) is 4.45. The smallest absolute Gasteiger partial charge is 0.268 e. The lowest BCUT2D eigenvalue weighted by Crippen LogP contribution is -2.51. The Bertz CT molecular complexity index is 1120. The standard InChI is InChI=1S/C21H26ClF3N4O2S/c1-5-29(13(2)3)21(4)9-10-28(12-21)15-11-14(23)20(19(25)18(15)22)32(30,31)27-17-8-6-7-16(24)26-17/h6-8,11,13H,5,9-10,12H2,1-4H3,(H,26,27)/t21-/m1/s1. The number of nitrogens with one attached hydrogen (secondary N) is 1. The van der Waals surface area contributed by atoms with Crippen molar-refractivity contribution in [3.63, 3.8) is 0 Å². The minimum atomic E-state index is -4.75. The van der Waals surface area contributed by atoms with Crippen LogP contribution in [-0.2, 0) is 10.0 Å². The van der Waals surface area contributed by atoms with Crippen LogP contribution in [0.1, 0.15) is 34.1 Å². The minimum Gasteiger partial charge on any atom is -0.368 e. The molecule has 1 N–H and O–H groups in total. The second kappa shape index (κ2) is 9.07. The first kappa shape index (κ1) is 24.6. The van der Waals surface area contributed by atoms with Crippen LogP contribution >= 0.6 is 11.6 Å². The van der Waals surface area contributed by atoms with E-state index in [0.717, 1.165) is 31.2 Å². The van der Waals surface area contributed by atoms with Crippen LogP contribution in [0.5, 0.6) is 0 Å². The molecule has 0 saturated carbocycles. The third-order valence-electron chi connectivity index (χ3n) is 5.77. The van der Waals surface area contributed by atoms with Gasteiger partial charge in [-0.05, 0) is 45.9 Å². The number of anilines is 2. The van der Waals surface area contributed by atoms with Crippen LogP contribution in [0.2, 0.25) is 5.02 Å². The zero-order valence-electron chi connectivity index (χ0n) is 18.3. The summed E-state index contributed by atoms with van der Waals surface area (Å²) in [7, 11) is -4.75. The van der Waals surface area contributed by atoms with Gasteiger partial charge in [0.1, 0.15) is 16.7 Å². The minimum absolute atomic E-state index is 0.0908. The number of hydrogen-bond donors (Lipinski definition) is 1. The van der Waals surface area contributed by atoms with Crippen LogP contribution in [0.15, 0.2) is 29.2 Å². The van der Waals surface area contributed by atoms with Crippen molar-refractivity contribution < 1.29 is 21.6 Å². The molecule has 2 aromatic rings. The summed E-state index contributed by atoms with van der Waals surface area (Å²) < 4.78 is 70.4. The maximum absolute atomic E-state index is 15.1. The lowest BCUT2D eigenvalue weighted by molar-refractivity contribution is 0.0934. The quantitative estimate of drug-likeness (QED) is 0.452. The highest BCUT2D eigenvalue weighted by Crippen LogP contribution is 2.39. The summed E-state index contributed by atoms with van der Waals surface area (Å²) in [5.41, 5.74) is -0.137. The molecule has 1 fully saturated rings. The molecule has 1 aliphatic rings. The number of sulfonamides is 1. The van der Waals surface area contributed by atoms with E-state index in [9.17, 15) is 17.2 Å². The normalized spacial score (nSPS) is 19.2. The molecule has 176 valence electrons. The van der Waals surface area contributed by atoms with Gasteiger partial charge in [-0.25, -0.2) is 22.2 Å². The molecule has 11 heteroatoms. The fraction of sp³-hybridized carbons (Fsp3) is 0.476. The number of rotatable bonds is 7. The molecule has 0 radical (unpaired) electrons. The van der Waals surface area contributed by atoms with Crippen molar-refractivity contribution in [1.29, 1.82) is 0 Å². The molecule has 1 aliphatic heterocycles. The maximum Gasteiger partial charge on any atom is 0.268 e. The summed E-state index contributed by atoms with van der Waals surface area (Å²) in [6.45, 7) is 10.1. The van der Waals surface area contributed by atoms with Crippen molar-refractivity contribution in [3.05, 3.63) is 46.9 Å². The van der Waals surface area contributed by atoms with Gasteiger partial charge in [-0.1, -0.05) is 24.6 Å². The Morgan fingerprint density at radius 1 is 1.31 bits per heavy atom. The van der Waals surface area contributed by atoms with Crippen molar-refractivity contribution >= 4 is 33.1 Å². The van der Waals surface area contributed by atoms with Crippen molar-refractivity contribution in [3.8, 4) is 0 Å². The largest absolute Gasteiger partial charge is 0.368 e. The molecule has 1 aromatic carbocycles. The van der Waals surface area contributed by atoms with E-state index in [0.29, 0.717) is 13.1 Å². The zero-order chi connectivity index (χ0) is 23.8. The molecule has 0 aliphatic carbocycles. The lowest BCUT2D eigenvalue weighted by Gasteiger charge is -2.41. The SMILES string of the molecule is CCN(C(C)C)[C@]1(C)CCN(c2cc(F)c(S(=O)(=O)Nc3cccc(F)n3)c(F)c2Cl)C1. The van der Waals surface area contributed by atoms with Gasteiger partial charge in [0.05, 0.1) is 5.69 Å². The van der Waals surface area contributed by atoms with Gasteiger partial charge in [0.2, 0.25) is 5.95 Å². The monoisotopic (exact) mass is 490 g/mol. The summed E-state index contributed by atoms with van der Waals surface area (Å²) in [5, 5.41) is -0.490. The Kier molecular flexibility index (Phi) is 6.97. The van der Waals surface area contributed by atoms with Gasteiger partial charge in [0.25, 0.3) is 10.0 Å². The summed E-state index contributed by atoms with van der Waals surface area (Å²) in [6.07, 6.45) is 0.755. The summed E-state index contributed by atoms with van der Waals surface area (Å²) in [5.74, 6) is -4.06. The average molecular weight is 491 g/mol. The van der Waals surface area contributed by atoms with Crippen molar-refractivity contribution in [2.24, 2.45) is 0 Å². The number of nitrogens with zero attached hydrogens (tertiary/aromatic N) is 3. The Morgan fingerprint density at radius 2 is 2.00 bits per heavy atom. The average Bonchev–Trinajstić information content (AvgIpc) is 3.06. The topological polar surface area (TPSA) is 65.5 Å². The molecular formula is C21H26ClF3N4O2S. The molecule has 3 rings (SSSR count). The van der Waals surface area contributed by atoms with Crippen LogP contribution in [-0.4, -0.2) is 49.5 Å². The summed E-state index contributed by atoms with van der Waals surface area (Å²) in [4.78, 5) is 6.18. The molecular weight excluding hydrogens is 465 g/mol. The molecule has 1 atom stereocenters. The number of halogens is 4. The molecule has 0 spiro atoms. The van der Waals surface area contributed by atoms with Crippen LogP contribution in [0.4, 0.5) is 24.7 Å². The van der Waals surface area contributed by atoms with Crippen LogP contribution < -0.4 is 9.62 Å². The van der Waals surface area contributed by atoms with E-state index in [-0.39, 0.29) is 17.3 Å². The first-order chi connectivity index (χ1) is 14.9. The number of pyridine rings is 1. The number of hydrogen-bond acceptors (Lipinski definition) is 5. The summed E-state index contributed by atoms with van der Waals surface area (Å²) >= 11 is 6.19. The van der Waals surface area contributed by atoms with E-state index in [4.69, 9.17) is 11.6 Å². The molecule has 2 heterocycles. The van der Waals surface area contributed by atoms with Crippen LogP contribution in [0.3, 0.4) is 0 Å². The van der Waals surface area contributed by atoms with E-state index >= 15 is 4.39 Å². The Hall–Kier alpha value is -2.04. The molecule has 32 heavy (non-hydrogen) atoms. The van der Waals surface area contributed by atoms with Gasteiger partial charge in [-0.3, -0.25) is 9.62 Å². The van der Waals surface area contributed by atoms with Gasteiger partial charge >= 0.3 is 0 Å². The summed E-state index contributed by atoms with van der Waals surface area (Å²) in [6, 6.07) is 4.59. The molecule has 0 bridgehead atoms. The zero-order valence-corrected chi connectivity index (χ0v) is 19.9. The van der Waals surface area contributed by atoms with Crippen LogP contribution in [0, 0.1) is 17.6 Å². The molecule has 0 unspecified atom stereocenters. The van der Waals surface area contributed by atoms with E-state index in [1.165, 1.54) is 6.07 Å². The number of benzene rings is 1. The highest BCUT2D eigenvalue weighted by molar-refractivity contribution is 7.92. The molecule has 0 amide bonds. The predicted molar refractivity (Wildman–Crippen MR) is 119 cm³/mol. The van der Waals surface area contributed by atoms with Crippen molar-refractivity contribution in [2.75, 3.05) is 29.3 Å². The highest BCUT2D eigenvalue weighted by Gasteiger charge is 2.41. The number of likely N-dealkylation sites (N-methyl/N-ethyl adjacent to an activating group) is 1. The first-order valence-corrected chi connectivity index (χ1v) is 12.1. The Balaban J connectivity index is 1.94. The van der Waals surface area contributed by atoms with Gasteiger partial charge in [-0.2, -0.15) is 4.39 Å². The van der Waals surface area contributed by atoms with E-state index in [1.54, 1.807) is 4.90 Å². The molecule has 1 aromatic heterocycles. The van der Waals surface area contributed by atoms with E-state index in [2.05, 4.69) is 37.6 Å². The molecule has 6 nitrogen and oxygen atoms in total. The van der Waals surface area contributed by atoms with Gasteiger partial charge in [-0.15, -0.1) is 0 Å². The Morgan fingerprint density at radius 3 is 2.59 bits per heavy atom. The third kappa shape index (κ3) is 4.67. The first-order valence-electron chi connectivity index (χ1n) is 10.2. The van der Waals surface area contributed by atoms with Crippen LogP contribution in [0.25, 0.3) is 0 Å². The lowest BCUT2D eigenvalue weighted by atomic mass is 9.97. The third-order valence-corrected chi connectivity index (χ3v) is 7.52. The van der Waals surface area contributed by atoms with Crippen molar-refractivity contribution in [1.82, 2.24) is 9.88 Å². The van der Waals surface area contributed by atoms with Gasteiger partial charge in [0.15, 0.2) is 10.7 Å². The predicted octanol–water partition coefficient (Wildman–Crippen LogP) is 4.65. The number of aromatic nitrogens is 1. The maximum atomic E-state index is 15.1. The second-order valence-electron chi connectivity index (χ2n) is 8.33. The van der Waals surface area contributed by atoms with Crippen molar-refractivity contribution in [2.45, 2.75) is 50.6 Å². The van der Waals surface area contributed by atoms with Gasteiger partial charge < -0.3 is 4.90 Å². The second-order valence-corrected chi connectivity index (χ2v) is 10.3. The highest BCUT2D eigenvalue weighted by atomic mass is 35.5. The van der Waals surface area contributed by atoms with E-state index < -0.39 is 43.3 Å². The van der Waals surface area contributed by atoms with Gasteiger partial charge in [0, 0.05) is 30.7 Å². The Labute approximate surface area is 191 Å². The molecule has 1 saturated heterocycles. The van der Waals surface area contributed by atoms with E-state index in [1.807, 2.05) is 4.72 Å².